The molecule has 0 amide bonds. The molecule has 0 bridgehead atoms. The van der Waals surface area contributed by atoms with E-state index in [-0.39, 0.29) is 5.41 Å². The largest absolute Gasteiger partial charge is 0.419 e. The molecule has 3 nitrogen and oxygen atoms in total. The number of halogens is 3. The molecular formula is C9H14F3N3. The molecule has 0 aromatic carbocycles. The van der Waals surface area contributed by atoms with Gasteiger partial charge in [0, 0.05) is 12.7 Å². The van der Waals surface area contributed by atoms with E-state index in [1.165, 1.54) is 4.68 Å². The Morgan fingerprint density at radius 1 is 1.40 bits per heavy atom. The van der Waals surface area contributed by atoms with E-state index in [9.17, 15) is 13.2 Å². The van der Waals surface area contributed by atoms with Crippen molar-refractivity contribution in [2.75, 3.05) is 6.54 Å². The quantitative estimate of drug-likeness (QED) is 0.847. The van der Waals surface area contributed by atoms with Gasteiger partial charge in [-0.15, -0.1) is 0 Å². The van der Waals surface area contributed by atoms with Crippen LogP contribution in [-0.4, -0.2) is 16.3 Å². The topological polar surface area (TPSA) is 43.8 Å². The summed E-state index contributed by atoms with van der Waals surface area (Å²) in [6.07, 6.45) is -2.50. The normalized spacial score (nSPS) is 13.2. The second-order valence-electron chi connectivity index (χ2n) is 4.29. The van der Waals surface area contributed by atoms with E-state index >= 15 is 0 Å². The zero-order chi connectivity index (χ0) is 11.7. The van der Waals surface area contributed by atoms with Crippen LogP contribution in [0.25, 0.3) is 0 Å². The van der Waals surface area contributed by atoms with Crippen molar-refractivity contribution in [2.45, 2.75) is 26.6 Å². The second-order valence-corrected chi connectivity index (χ2v) is 4.29. The van der Waals surface area contributed by atoms with Gasteiger partial charge in [-0.1, -0.05) is 13.8 Å². The van der Waals surface area contributed by atoms with Crippen LogP contribution in [0.4, 0.5) is 13.2 Å². The number of hydrogen-bond acceptors (Lipinski definition) is 2. The maximum atomic E-state index is 12.2. The number of nitrogens with zero attached hydrogens (tertiary/aromatic N) is 2. The van der Waals surface area contributed by atoms with Gasteiger partial charge in [0.25, 0.3) is 0 Å². The first kappa shape index (κ1) is 12.0. The summed E-state index contributed by atoms with van der Waals surface area (Å²) in [6, 6.07) is 0. The van der Waals surface area contributed by atoms with Crippen LogP contribution in [0, 0.1) is 5.41 Å². The van der Waals surface area contributed by atoms with Crippen molar-refractivity contribution in [3.05, 3.63) is 18.0 Å². The van der Waals surface area contributed by atoms with Crippen molar-refractivity contribution in [1.82, 2.24) is 9.78 Å². The van der Waals surface area contributed by atoms with Gasteiger partial charge in [0.15, 0.2) is 0 Å². The molecule has 0 aliphatic heterocycles. The average molecular weight is 221 g/mol. The summed E-state index contributed by atoms with van der Waals surface area (Å²) in [6.45, 7) is 4.53. The highest BCUT2D eigenvalue weighted by Gasteiger charge is 2.32. The number of hydrogen-bond donors (Lipinski definition) is 1. The van der Waals surface area contributed by atoms with Gasteiger partial charge in [-0.05, 0) is 12.0 Å². The molecule has 0 saturated carbocycles. The highest BCUT2D eigenvalue weighted by molar-refractivity contribution is 5.08. The van der Waals surface area contributed by atoms with Crippen LogP contribution < -0.4 is 5.73 Å². The third-order valence-corrected chi connectivity index (χ3v) is 2.10. The van der Waals surface area contributed by atoms with Crippen molar-refractivity contribution in [1.29, 1.82) is 0 Å². The molecule has 1 aromatic rings. The summed E-state index contributed by atoms with van der Waals surface area (Å²) in [5, 5.41) is 3.66. The number of alkyl halides is 3. The Bertz CT molecular complexity index is 328. The molecule has 86 valence electrons. The molecule has 15 heavy (non-hydrogen) atoms. The van der Waals surface area contributed by atoms with Crippen molar-refractivity contribution >= 4 is 0 Å². The summed E-state index contributed by atoms with van der Waals surface area (Å²) < 4.78 is 38.0. The molecule has 0 atom stereocenters. The summed E-state index contributed by atoms with van der Waals surface area (Å²) in [5.74, 6) is 0. The van der Waals surface area contributed by atoms with E-state index in [0.717, 1.165) is 12.4 Å². The van der Waals surface area contributed by atoms with E-state index in [0.29, 0.717) is 13.1 Å². The van der Waals surface area contributed by atoms with E-state index < -0.39 is 11.7 Å². The van der Waals surface area contributed by atoms with Crippen LogP contribution in [-0.2, 0) is 12.7 Å². The molecule has 2 N–H and O–H groups in total. The molecule has 1 heterocycles. The second kappa shape index (κ2) is 3.84. The highest BCUT2D eigenvalue weighted by Crippen LogP contribution is 2.29. The first-order valence-electron chi connectivity index (χ1n) is 4.54. The standard InChI is InChI=1S/C9H14F3N3/c1-8(2,5-13)6-15-4-7(3-14-15)9(10,11)12/h3-4H,5-6,13H2,1-2H3. The lowest BCUT2D eigenvalue weighted by Gasteiger charge is -2.21. The SMILES string of the molecule is CC(C)(CN)Cn1cc(C(F)(F)F)cn1. The molecule has 0 aliphatic rings. The van der Waals surface area contributed by atoms with Gasteiger partial charge in [0.05, 0.1) is 11.8 Å². The molecule has 6 heteroatoms. The Labute approximate surface area is 86.1 Å². The summed E-state index contributed by atoms with van der Waals surface area (Å²) in [7, 11) is 0. The van der Waals surface area contributed by atoms with Crippen LogP contribution in [0.2, 0.25) is 0 Å². The Morgan fingerprint density at radius 3 is 2.40 bits per heavy atom. The third kappa shape index (κ3) is 3.23. The molecule has 0 aliphatic carbocycles. The van der Waals surface area contributed by atoms with E-state index in [2.05, 4.69) is 5.10 Å². The molecular weight excluding hydrogens is 207 g/mol. The summed E-state index contributed by atoms with van der Waals surface area (Å²) in [5.41, 5.74) is 4.50. The molecule has 1 rings (SSSR count). The predicted molar refractivity (Wildman–Crippen MR) is 50.1 cm³/mol. The molecule has 0 fully saturated rings. The van der Waals surface area contributed by atoms with Gasteiger partial charge in [-0.25, -0.2) is 0 Å². The third-order valence-electron chi connectivity index (χ3n) is 2.10. The van der Waals surface area contributed by atoms with Crippen LogP contribution in [0.15, 0.2) is 12.4 Å². The fourth-order valence-electron chi connectivity index (χ4n) is 1.10. The predicted octanol–water partition coefficient (Wildman–Crippen LogP) is 1.89. The first-order chi connectivity index (χ1) is 6.74. The Hall–Kier alpha value is -1.04. The fourth-order valence-corrected chi connectivity index (χ4v) is 1.10. The maximum Gasteiger partial charge on any atom is 0.419 e. The zero-order valence-electron chi connectivity index (χ0n) is 8.67. The molecule has 0 radical (unpaired) electrons. The van der Waals surface area contributed by atoms with Gasteiger partial charge < -0.3 is 5.73 Å². The molecule has 1 aromatic heterocycles. The highest BCUT2D eigenvalue weighted by atomic mass is 19.4. The number of nitrogens with two attached hydrogens (primary N) is 1. The minimum Gasteiger partial charge on any atom is -0.330 e. The smallest absolute Gasteiger partial charge is 0.330 e. The monoisotopic (exact) mass is 221 g/mol. The minimum atomic E-state index is -4.33. The maximum absolute atomic E-state index is 12.2. The van der Waals surface area contributed by atoms with E-state index in [1.807, 2.05) is 13.8 Å². The molecule has 0 saturated heterocycles. The van der Waals surface area contributed by atoms with Crippen LogP contribution in [0.3, 0.4) is 0 Å². The fraction of sp³-hybridized carbons (Fsp3) is 0.667. The van der Waals surface area contributed by atoms with Crippen LogP contribution in [0.1, 0.15) is 19.4 Å². The number of rotatable bonds is 3. The molecule has 0 unspecified atom stereocenters. The van der Waals surface area contributed by atoms with Crippen molar-refractivity contribution in [3.8, 4) is 0 Å². The first-order valence-corrected chi connectivity index (χ1v) is 4.54. The van der Waals surface area contributed by atoms with Gasteiger partial charge in [-0.3, -0.25) is 4.68 Å². The van der Waals surface area contributed by atoms with Crippen molar-refractivity contribution in [3.63, 3.8) is 0 Å². The summed E-state index contributed by atoms with van der Waals surface area (Å²) in [4.78, 5) is 0. The van der Waals surface area contributed by atoms with E-state index in [4.69, 9.17) is 5.73 Å². The number of aromatic nitrogens is 2. The lowest BCUT2D eigenvalue weighted by atomic mass is 9.94. The summed E-state index contributed by atoms with van der Waals surface area (Å²) >= 11 is 0. The average Bonchev–Trinajstić information content (AvgIpc) is 2.51. The Kier molecular flexibility index (Phi) is 3.08. The van der Waals surface area contributed by atoms with Crippen molar-refractivity contribution in [2.24, 2.45) is 11.1 Å². The van der Waals surface area contributed by atoms with Crippen LogP contribution >= 0.6 is 0 Å². The van der Waals surface area contributed by atoms with Gasteiger partial charge in [-0.2, -0.15) is 18.3 Å². The Balaban J connectivity index is 2.78. The minimum absolute atomic E-state index is 0.255. The lowest BCUT2D eigenvalue weighted by Crippen LogP contribution is -2.28. The lowest BCUT2D eigenvalue weighted by molar-refractivity contribution is -0.137. The van der Waals surface area contributed by atoms with E-state index in [1.54, 1.807) is 0 Å². The van der Waals surface area contributed by atoms with Gasteiger partial charge in [0.2, 0.25) is 0 Å². The van der Waals surface area contributed by atoms with Gasteiger partial charge in [0.1, 0.15) is 0 Å². The Morgan fingerprint density at radius 2 is 2.00 bits per heavy atom. The molecule has 0 spiro atoms. The van der Waals surface area contributed by atoms with Gasteiger partial charge >= 0.3 is 6.18 Å². The van der Waals surface area contributed by atoms with Crippen molar-refractivity contribution < 1.29 is 13.2 Å². The van der Waals surface area contributed by atoms with Crippen LogP contribution in [0.5, 0.6) is 0 Å². The zero-order valence-corrected chi connectivity index (χ0v) is 8.67.